The molecule has 0 bridgehead atoms. The molecule has 1 rings (SSSR count). The maximum Gasteiger partial charge on any atom is 0.300 e. The summed E-state index contributed by atoms with van der Waals surface area (Å²) in [7, 11) is -3.60. The topological polar surface area (TPSA) is 97.1 Å². The van der Waals surface area contributed by atoms with Crippen LogP contribution in [0.1, 0.15) is 19.5 Å². The van der Waals surface area contributed by atoms with Crippen molar-refractivity contribution in [2.75, 3.05) is 17.8 Å². The van der Waals surface area contributed by atoms with E-state index in [0.29, 0.717) is 12.2 Å². The summed E-state index contributed by atoms with van der Waals surface area (Å²) in [5.41, 5.74) is 5.73. The van der Waals surface area contributed by atoms with Gasteiger partial charge in [-0.1, -0.05) is 25.8 Å². The Morgan fingerprint density at radius 3 is 2.79 bits per heavy atom. The lowest BCUT2D eigenvalue weighted by atomic mass is 10.2. The average molecular weight is 282 g/mol. The molecule has 7 heteroatoms. The number of hydrogen-bond acceptors (Lipinski definition) is 4. The maximum atomic E-state index is 11.7. The van der Waals surface area contributed by atoms with Gasteiger partial charge in [0, 0.05) is 6.54 Å². The second-order valence-corrected chi connectivity index (χ2v) is 5.76. The molecule has 0 saturated carbocycles. The summed E-state index contributed by atoms with van der Waals surface area (Å²) in [5.74, 6) is 5.85. The molecule has 0 atom stereocenters. The van der Waals surface area contributed by atoms with E-state index in [1.165, 1.54) is 0 Å². The zero-order valence-electron chi connectivity index (χ0n) is 11.0. The Morgan fingerprint density at radius 1 is 1.42 bits per heavy atom. The Kier molecular flexibility index (Phi) is 5.76. The molecule has 0 amide bonds. The van der Waals surface area contributed by atoms with Crippen molar-refractivity contribution in [2.24, 2.45) is 11.7 Å². The highest BCUT2D eigenvalue weighted by Crippen LogP contribution is 2.05. The zero-order chi connectivity index (χ0) is 14.3. The minimum absolute atomic E-state index is 0.222. The molecule has 0 aliphatic rings. The summed E-state index contributed by atoms with van der Waals surface area (Å²) < 4.78 is 28.2. The molecular weight excluding hydrogens is 264 g/mol. The van der Waals surface area contributed by atoms with E-state index < -0.39 is 10.2 Å². The Morgan fingerprint density at radius 2 is 2.16 bits per heavy atom. The van der Waals surface area contributed by atoms with Crippen LogP contribution in [0, 0.1) is 17.8 Å². The first-order valence-electron chi connectivity index (χ1n) is 5.86. The highest BCUT2D eigenvalue weighted by Gasteiger charge is 2.10. The molecule has 0 aromatic carbocycles. The van der Waals surface area contributed by atoms with Gasteiger partial charge >= 0.3 is 0 Å². The number of rotatable bonds is 5. The lowest BCUT2D eigenvalue weighted by Crippen LogP contribution is -2.33. The third kappa shape index (κ3) is 6.20. The largest absolute Gasteiger partial charge is 0.320 e. The summed E-state index contributed by atoms with van der Waals surface area (Å²) in [6, 6.07) is 4.91. The van der Waals surface area contributed by atoms with E-state index in [1.54, 1.807) is 18.2 Å². The van der Waals surface area contributed by atoms with Crippen LogP contribution in [0.3, 0.4) is 0 Å². The number of anilines is 1. The first kappa shape index (κ1) is 15.4. The molecule has 4 N–H and O–H groups in total. The van der Waals surface area contributed by atoms with Gasteiger partial charge < -0.3 is 5.73 Å². The molecule has 0 radical (unpaired) electrons. The van der Waals surface area contributed by atoms with Crippen LogP contribution in [0.15, 0.2) is 18.2 Å². The van der Waals surface area contributed by atoms with Gasteiger partial charge in [-0.2, -0.15) is 13.1 Å². The molecule has 19 heavy (non-hydrogen) atoms. The van der Waals surface area contributed by atoms with E-state index in [4.69, 9.17) is 5.73 Å². The number of pyridine rings is 1. The van der Waals surface area contributed by atoms with Gasteiger partial charge in [0.2, 0.25) is 0 Å². The van der Waals surface area contributed by atoms with E-state index in [0.717, 1.165) is 0 Å². The Balaban J connectivity index is 2.76. The van der Waals surface area contributed by atoms with Crippen molar-refractivity contribution in [1.29, 1.82) is 0 Å². The van der Waals surface area contributed by atoms with E-state index in [2.05, 4.69) is 26.3 Å². The fraction of sp³-hybridized carbons (Fsp3) is 0.417. The normalized spacial score (nSPS) is 10.9. The number of hydrogen-bond donors (Lipinski definition) is 3. The van der Waals surface area contributed by atoms with Crippen molar-refractivity contribution in [3.63, 3.8) is 0 Å². The molecule has 1 heterocycles. The summed E-state index contributed by atoms with van der Waals surface area (Å²) >= 11 is 0. The van der Waals surface area contributed by atoms with Gasteiger partial charge in [-0.05, 0) is 24.0 Å². The zero-order valence-corrected chi connectivity index (χ0v) is 11.8. The molecule has 0 spiro atoms. The van der Waals surface area contributed by atoms with Gasteiger partial charge in [0.05, 0.1) is 6.54 Å². The van der Waals surface area contributed by atoms with E-state index in [1.807, 2.05) is 13.8 Å². The fourth-order valence-electron chi connectivity index (χ4n) is 1.15. The number of nitrogens with one attached hydrogen (secondary N) is 2. The summed E-state index contributed by atoms with van der Waals surface area (Å²) in [4.78, 5) is 4.06. The van der Waals surface area contributed by atoms with Crippen LogP contribution in [-0.2, 0) is 10.2 Å². The third-order valence-corrected chi connectivity index (χ3v) is 3.01. The predicted octanol–water partition coefficient (Wildman–Crippen LogP) is 0.294. The molecule has 0 fully saturated rings. The smallest absolute Gasteiger partial charge is 0.300 e. The van der Waals surface area contributed by atoms with Crippen molar-refractivity contribution in [3.05, 3.63) is 23.9 Å². The molecule has 0 aliphatic heterocycles. The van der Waals surface area contributed by atoms with Crippen LogP contribution in [0.5, 0.6) is 0 Å². The Hall–Kier alpha value is -1.62. The Bertz CT molecular complexity index is 573. The number of nitrogens with two attached hydrogens (primary N) is 1. The highest BCUT2D eigenvalue weighted by atomic mass is 32.2. The fourth-order valence-corrected chi connectivity index (χ4v) is 2.17. The van der Waals surface area contributed by atoms with Crippen molar-refractivity contribution in [2.45, 2.75) is 13.8 Å². The van der Waals surface area contributed by atoms with Crippen molar-refractivity contribution in [3.8, 4) is 11.8 Å². The molecule has 0 unspecified atom stereocenters. The van der Waals surface area contributed by atoms with Gasteiger partial charge in [-0.25, -0.2) is 4.98 Å². The SMILES string of the molecule is CC(C)CNS(=O)(=O)Nc1cccc(C#CCN)n1. The lowest BCUT2D eigenvalue weighted by molar-refractivity contribution is 0.564. The molecule has 0 aliphatic carbocycles. The average Bonchev–Trinajstić information content (AvgIpc) is 2.34. The van der Waals surface area contributed by atoms with Gasteiger partial charge in [-0.3, -0.25) is 4.72 Å². The lowest BCUT2D eigenvalue weighted by Gasteiger charge is -2.10. The van der Waals surface area contributed by atoms with E-state index in [-0.39, 0.29) is 18.3 Å². The summed E-state index contributed by atoms with van der Waals surface area (Å²) in [5, 5.41) is 0. The minimum Gasteiger partial charge on any atom is -0.320 e. The second-order valence-electron chi connectivity index (χ2n) is 4.26. The Labute approximate surface area is 114 Å². The van der Waals surface area contributed by atoms with Crippen molar-refractivity contribution in [1.82, 2.24) is 9.71 Å². The molecule has 6 nitrogen and oxygen atoms in total. The summed E-state index contributed by atoms with van der Waals surface area (Å²) in [6.45, 7) is 4.43. The molecule has 1 aromatic rings. The van der Waals surface area contributed by atoms with Crippen LogP contribution in [0.2, 0.25) is 0 Å². The summed E-state index contributed by atoms with van der Waals surface area (Å²) in [6.07, 6.45) is 0. The van der Waals surface area contributed by atoms with E-state index >= 15 is 0 Å². The van der Waals surface area contributed by atoms with Gasteiger partial charge in [0.1, 0.15) is 11.5 Å². The van der Waals surface area contributed by atoms with Gasteiger partial charge in [0.25, 0.3) is 10.2 Å². The number of aromatic nitrogens is 1. The van der Waals surface area contributed by atoms with Crippen molar-refractivity contribution >= 4 is 16.0 Å². The van der Waals surface area contributed by atoms with Gasteiger partial charge in [0.15, 0.2) is 0 Å². The molecule has 1 aromatic heterocycles. The highest BCUT2D eigenvalue weighted by molar-refractivity contribution is 7.90. The predicted molar refractivity (Wildman–Crippen MR) is 75.6 cm³/mol. The van der Waals surface area contributed by atoms with E-state index in [9.17, 15) is 8.42 Å². The molecular formula is C12H18N4O2S. The van der Waals surface area contributed by atoms with Gasteiger partial charge in [-0.15, -0.1) is 0 Å². The molecule has 104 valence electrons. The maximum absolute atomic E-state index is 11.7. The van der Waals surface area contributed by atoms with Crippen LogP contribution in [0.4, 0.5) is 5.82 Å². The van der Waals surface area contributed by atoms with Crippen LogP contribution in [0.25, 0.3) is 0 Å². The van der Waals surface area contributed by atoms with Crippen LogP contribution < -0.4 is 15.2 Å². The van der Waals surface area contributed by atoms with Crippen LogP contribution >= 0.6 is 0 Å². The van der Waals surface area contributed by atoms with Crippen LogP contribution in [-0.4, -0.2) is 26.5 Å². The minimum atomic E-state index is -3.60. The quantitative estimate of drug-likeness (QED) is 0.676. The second kappa shape index (κ2) is 7.09. The first-order valence-corrected chi connectivity index (χ1v) is 7.34. The monoisotopic (exact) mass is 282 g/mol. The first-order chi connectivity index (χ1) is 8.93. The number of nitrogens with zero attached hydrogens (tertiary/aromatic N) is 1. The third-order valence-electron chi connectivity index (χ3n) is 1.99. The standard InChI is InChI=1S/C12H18N4O2S/c1-10(2)9-14-19(17,18)16-12-7-3-5-11(15-12)6-4-8-13/h3,5,7,10,14H,8-9,13H2,1-2H3,(H,15,16). The van der Waals surface area contributed by atoms with Crippen molar-refractivity contribution < 1.29 is 8.42 Å². The molecule has 0 saturated heterocycles.